The second kappa shape index (κ2) is 7.27. The first-order valence-corrected chi connectivity index (χ1v) is 8.21. The predicted molar refractivity (Wildman–Crippen MR) is 88.1 cm³/mol. The van der Waals surface area contributed by atoms with Gasteiger partial charge in [-0.3, -0.25) is 4.90 Å². The Labute approximate surface area is 136 Å². The van der Waals surface area contributed by atoms with E-state index in [1.807, 2.05) is 30.6 Å². The molecule has 1 atom stereocenters. The van der Waals surface area contributed by atoms with Gasteiger partial charge in [0.05, 0.1) is 19.3 Å². The van der Waals surface area contributed by atoms with Crippen molar-refractivity contribution in [2.45, 2.75) is 32.5 Å². The monoisotopic (exact) mass is 319 g/mol. The van der Waals surface area contributed by atoms with Crippen LogP contribution in [0.1, 0.15) is 18.3 Å². The third-order valence-electron chi connectivity index (χ3n) is 4.14. The van der Waals surface area contributed by atoms with E-state index in [2.05, 4.69) is 27.4 Å². The highest BCUT2D eigenvalue weighted by molar-refractivity contribution is 6.31. The van der Waals surface area contributed by atoms with Crippen molar-refractivity contribution in [1.29, 1.82) is 0 Å². The molecule has 5 heteroatoms. The van der Waals surface area contributed by atoms with Crippen LogP contribution in [0.25, 0.3) is 0 Å². The van der Waals surface area contributed by atoms with E-state index in [1.165, 1.54) is 0 Å². The Morgan fingerprint density at radius 1 is 1.36 bits per heavy atom. The second-order valence-electron chi connectivity index (χ2n) is 5.65. The van der Waals surface area contributed by atoms with Gasteiger partial charge in [-0.2, -0.15) is 0 Å². The third-order valence-corrected chi connectivity index (χ3v) is 4.50. The van der Waals surface area contributed by atoms with Crippen molar-refractivity contribution in [3.05, 3.63) is 53.1 Å². The Morgan fingerprint density at radius 3 is 3.05 bits per heavy atom. The summed E-state index contributed by atoms with van der Waals surface area (Å²) in [4.78, 5) is 6.88. The zero-order valence-electron chi connectivity index (χ0n) is 12.9. The van der Waals surface area contributed by atoms with Crippen LogP contribution in [0.5, 0.6) is 0 Å². The van der Waals surface area contributed by atoms with Gasteiger partial charge in [0.15, 0.2) is 0 Å². The molecule has 1 aliphatic heterocycles. The van der Waals surface area contributed by atoms with E-state index in [-0.39, 0.29) is 6.10 Å². The molecule has 0 saturated carbocycles. The normalized spacial score (nSPS) is 19.5. The number of aromatic nitrogens is 2. The molecule has 1 fully saturated rings. The summed E-state index contributed by atoms with van der Waals surface area (Å²) in [6.45, 7) is 6.62. The molecule has 2 heterocycles. The molecule has 0 N–H and O–H groups in total. The minimum atomic E-state index is 0.193. The van der Waals surface area contributed by atoms with Crippen molar-refractivity contribution in [3.63, 3.8) is 0 Å². The van der Waals surface area contributed by atoms with E-state index in [1.54, 1.807) is 0 Å². The first-order chi connectivity index (χ1) is 10.8. The minimum Gasteiger partial charge on any atom is -0.375 e. The molecule has 0 aliphatic carbocycles. The summed E-state index contributed by atoms with van der Waals surface area (Å²) in [5, 5.41) is 0.824. The fraction of sp³-hybridized carbons (Fsp3) is 0.471. The molecule has 0 bridgehead atoms. The number of hydrogen-bond acceptors (Lipinski definition) is 3. The van der Waals surface area contributed by atoms with Gasteiger partial charge in [0.1, 0.15) is 5.82 Å². The zero-order chi connectivity index (χ0) is 15.4. The standard InChI is InChI=1S/C17H22ClN3O/c1-2-21-8-7-19-17(21)13-20-9-10-22-15(12-20)11-14-5-3-4-6-16(14)18/h3-8,15H,2,9-13H2,1H3. The summed E-state index contributed by atoms with van der Waals surface area (Å²) < 4.78 is 8.11. The Kier molecular flexibility index (Phi) is 5.13. The van der Waals surface area contributed by atoms with Gasteiger partial charge in [-0.1, -0.05) is 29.8 Å². The summed E-state index contributed by atoms with van der Waals surface area (Å²) in [7, 11) is 0. The SMILES string of the molecule is CCn1ccnc1CN1CCOC(Cc2ccccc2Cl)C1. The fourth-order valence-electron chi connectivity index (χ4n) is 2.94. The number of aryl methyl sites for hydroxylation is 1. The minimum absolute atomic E-state index is 0.193. The number of nitrogens with zero attached hydrogens (tertiary/aromatic N) is 3. The molecule has 4 nitrogen and oxygen atoms in total. The fourth-order valence-corrected chi connectivity index (χ4v) is 3.15. The lowest BCUT2D eigenvalue weighted by atomic mass is 10.1. The molecule has 1 aromatic heterocycles. The average molecular weight is 320 g/mol. The number of halogens is 1. The van der Waals surface area contributed by atoms with Crippen molar-refractivity contribution >= 4 is 11.6 Å². The topological polar surface area (TPSA) is 30.3 Å². The number of imidazole rings is 1. The molecule has 118 valence electrons. The van der Waals surface area contributed by atoms with Crippen LogP contribution in [0.4, 0.5) is 0 Å². The van der Waals surface area contributed by atoms with Gasteiger partial charge in [-0.05, 0) is 18.6 Å². The van der Waals surface area contributed by atoms with Crippen LogP contribution in [-0.4, -0.2) is 40.3 Å². The van der Waals surface area contributed by atoms with Crippen LogP contribution in [0.15, 0.2) is 36.7 Å². The van der Waals surface area contributed by atoms with Crippen LogP contribution >= 0.6 is 11.6 Å². The molecular formula is C17H22ClN3O. The van der Waals surface area contributed by atoms with Crippen LogP contribution in [0.3, 0.4) is 0 Å². The average Bonchev–Trinajstić information content (AvgIpc) is 2.97. The first-order valence-electron chi connectivity index (χ1n) is 7.83. The second-order valence-corrected chi connectivity index (χ2v) is 6.06. The molecule has 3 rings (SSSR count). The molecule has 1 saturated heterocycles. The Hall–Kier alpha value is -1.36. The highest BCUT2D eigenvalue weighted by Gasteiger charge is 2.22. The number of rotatable bonds is 5. The molecule has 22 heavy (non-hydrogen) atoms. The molecule has 0 radical (unpaired) electrons. The summed E-state index contributed by atoms with van der Waals surface area (Å²) in [6, 6.07) is 8.01. The molecule has 2 aromatic rings. The zero-order valence-corrected chi connectivity index (χ0v) is 13.7. The smallest absolute Gasteiger partial charge is 0.122 e. The highest BCUT2D eigenvalue weighted by atomic mass is 35.5. The van der Waals surface area contributed by atoms with Gasteiger partial charge in [-0.15, -0.1) is 0 Å². The Morgan fingerprint density at radius 2 is 2.23 bits per heavy atom. The molecular weight excluding hydrogens is 298 g/mol. The van der Waals surface area contributed by atoms with Crippen LogP contribution in [0.2, 0.25) is 5.02 Å². The van der Waals surface area contributed by atoms with Crippen molar-refractivity contribution in [1.82, 2.24) is 14.5 Å². The van der Waals surface area contributed by atoms with Crippen LogP contribution < -0.4 is 0 Å². The molecule has 1 aliphatic rings. The summed E-state index contributed by atoms with van der Waals surface area (Å²) in [5.74, 6) is 1.13. The van der Waals surface area contributed by atoms with Gasteiger partial charge in [-0.25, -0.2) is 4.98 Å². The lowest BCUT2D eigenvalue weighted by Gasteiger charge is -2.33. The van der Waals surface area contributed by atoms with E-state index >= 15 is 0 Å². The van der Waals surface area contributed by atoms with E-state index in [0.29, 0.717) is 0 Å². The number of hydrogen-bond donors (Lipinski definition) is 0. The number of morpholine rings is 1. The number of benzene rings is 1. The lowest BCUT2D eigenvalue weighted by molar-refractivity contribution is -0.0315. The highest BCUT2D eigenvalue weighted by Crippen LogP contribution is 2.20. The number of ether oxygens (including phenoxy) is 1. The molecule has 1 unspecified atom stereocenters. The van der Waals surface area contributed by atoms with Gasteiger partial charge < -0.3 is 9.30 Å². The summed E-state index contributed by atoms with van der Waals surface area (Å²) >= 11 is 6.25. The van der Waals surface area contributed by atoms with Crippen molar-refractivity contribution < 1.29 is 4.74 Å². The Balaban J connectivity index is 1.61. The van der Waals surface area contributed by atoms with Crippen molar-refractivity contribution in [2.24, 2.45) is 0 Å². The Bertz CT molecular complexity index is 613. The maximum atomic E-state index is 6.25. The molecule has 1 aromatic carbocycles. The maximum absolute atomic E-state index is 6.25. The van der Waals surface area contributed by atoms with Gasteiger partial charge in [0, 0.05) is 43.5 Å². The van der Waals surface area contributed by atoms with Gasteiger partial charge in [0.25, 0.3) is 0 Å². The quantitative estimate of drug-likeness (QED) is 0.848. The van der Waals surface area contributed by atoms with Crippen molar-refractivity contribution in [3.8, 4) is 0 Å². The van der Waals surface area contributed by atoms with Crippen molar-refractivity contribution in [2.75, 3.05) is 19.7 Å². The molecule has 0 amide bonds. The van der Waals surface area contributed by atoms with E-state index < -0.39 is 0 Å². The van der Waals surface area contributed by atoms with E-state index in [4.69, 9.17) is 16.3 Å². The van der Waals surface area contributed by atoms with Gasteiger partial charge in [0.2, 0.25) is 0 Å². The summed E-state index contributed by atoms with van der Waals surface area (Å²) in [6.07, 6.45) is 4.97. The van der Waals surface area contributed by atoms with Crippen LogP contribution in [-0.2, 0) is 24.2 Å². The van der Waals surface area contributed by atoms with E-state index in [9.17, 15) is 0 Å². The summed E-state index contributed by atoms with van der Waals surface area (Å²) in [5.41, 5.74) is 1.16. The predicted octanol–water partition coefficient (Wildman–Crippen LogP) is 3.00. The first kappa shape index (κ1) is 15.5. The van der Waals surface area contributed by atoms with Gasteiger partial charge >= 0.3 is 0 Å². The lowest BCUT2D eigenvalue weighted by Crippen LogP contribution is -2.43. The molecule has 0 spiro atoms. The van der Waals surface area contributed by atoms with E-state index in [0.717, 1.165) is 55.6 Å². The largest absolute Gasteiger partial charge is 0.375 e. The maximum Gasteiger partial charge on any atom is 0.122 e. The third kappa shape index (κ3) is 3.69. The van der Waals surface area contributed by atoms with Crippen LogP contribution in [0, 0.1) is 0 Å².